The smallest absolute Gasteiger partial charge is 0.310 e. The van der Waals surface area contributed by atoms with Crippen LogP contribution in [0.15, 0.2) is 12.7 Å². The normalized spacial score (nSPS) is 36.0. The number of aliphatic hydroxyl groups is 1. The second kappa shape index (κ2) is 8.90. The van der Waals surface area contributed by atoms with Gasteiger partial charge in [-0.2, -0.15) is 0 Å². The minimum absolute atomic E-state index is 0.00232. The number of carbonyl (C=O) groups is 3. The summed E-state index contributed by atoms with van der Waals surface area (Å²) in [6.07, 6.45) is 4.94. The first kappa shape index (κ1) is 23.7. The van der Waals surface area contributed by atoms with Crippen molar-refractivity contribution in [2.45, 2.75) is 70.1 Å². The zero-order chi connectivity index (χ0) is 23.0. The third-order valence-electron chi connectivity index (χ3n) is 7.56. The summed E-state index contributed by atoms with van der Waals surface area (Å²) in [6.45, 7) is 10.7. The van der Waals surface area contributed by atoms with E-state index < -0.39 is 35.0 Å². The molecule has 3 aliphatic heterocycles. The number of aliphatic hydroxyl groups excluding tert-OH is 1. The molecule has 3 aliphatic rings. The molecule has 0 aliphatic carbocycles. The SMILES string of the molecule is C=CCN(CCCC)C(=O)C1N(CCCCO)C(=O)[C@@H]2[C@H](C(=O)O)[C@@]3(C)OC12CC3C. The zero-order valence-corrected chi connectivity index (χ0v) is 18.9. The average molecular weight is 437 g/mol. The molecule has 31 heavy (non-hydrogen) atoms. The van der Waals surface area contributed by atoms with Crippen LogP contribution in [-0.4, -0.2) is 81.3 Å². The van der Waals surface area contributed by atoms with Gasteiger partial charge < -0.3 is 24.7 Å². The number of carboxylic acid groups (broad SMARTS) is 1. The summed E-state index contributed by atoms with van der Waals surface area (Å²) in [6, 6.07) is -0.853. The molecule has 3 rings (SSSR count). The molecule has 8 heteroatoms. The lowest BCUT2D eigenvalue weighted by atomic mass is 9.62. The standard InChI is InChI=1S/C23H36N2O6/c1-5-7-11-24(10-6-2)20(28)18-23-14-15(3)22(4,31-23)17(21(29)30)16(23)19(27)25(18)12-8-9-13-26/h6,15-18,26H,2,5,7-14H2,1,3-4H3,(H,29,30)/t15?,16-,17+,18?,22-,23?/m0/s1. The minimum atomic E-state index is -1.13. The molecule has 3 saturated heterocycles. The van der Waals surface area contributed by atoms with E-state index in [9.17, 15) is 24.6 Å². The molecule has 2 bridgehead atoms. The summed E-state index contributed by atoms with van der Waals surface area (Å²) < 4.78 is 6.46. The lowest BCUT2D eigenvalue weighted by molar-refractivity contribution is -0.157. The molecule has 0 saturated carbocycles. The molecule has 3 heterocycles. The zero-order valence-electron chi connectivity index (χ0n) is 18.9. The fraction of sp³-hybridized carbons (Fsp3) is 0.783. The Bertz CT molecular complexity index is 742. The van der Waals surface area contributed by atoms with Gasteiger partial charge in [0.05, 0.1) is 11.5 Å². The summed E-state index contributed by atoms with van der Waals surface area (Å²) in [5.74, 6) is -3.50. The van der Waals surface area contributed by atoms with E-state index in [2.05, 4.69) is 6.58 Å². The number of fused-ring (bicyclic) bond motifs is 1. The van der Waals surface area contributed by atoms with Gasteiger partial charge in [-0.1, -0.05) is 26.3 Å². The lowest BCUT2D eigenvalue weighted by Gasteiger charge is -2.37. The number of ether oxygens (including phenoxy) is 1. The van der Waals surface area contributed by atoms with E-state index in [4.69, 9.17) is 4.74 Å². The number of likely N-dealkylation sites (tertiary alicyclic amines) is 1. The third-order valence-corrected chi connectivity index (χ3v) is 7.56. The summed E-state index contributed by atoms with van der Waals surface area (Å²) >= 11 is 0. The highest BCUT2D eigenvalue weighted by Crippen LogP contribution is 2.65. The predicted octanol–water partition coefficient (Wildman–Crippen LogP) is 1.67. The van der Waals surface area contributed by atoms with Gasteiger partial charge in [-0.25, -0.2) is 0 Å². The lowest BCUT2D eigenvalue weighted by Crippen LogP contribution is -2.56. The topological polar surface area (TPSA) is 107 Å². The van der Waals surface area contributed by atoms with Crippen LogP contribution in [0.3, 0.4) is 0 Å². The molecule has 1 spiro atoms. The number of unbranched alkanes of at least 4 members (excludes halogenated alkanes) is 2. The van der Waals surface area contributed by atoms with E-state index in [1.807, 2.05) is 13.8 Å². The molecule has 0 aromatic rings. The van der Waals surface area contributed by atoms with Crippen molar-refractivity contribution >= 4 is 17.8 Å². The highest BCUT2D eigenvalue weighted by atomic mass is 16.5. The highest BCUT2D eigenvalue weighted by molar-refractivity contribution is 5.98. The Morgan fingerprint density at radius 1 is 1.35 bits per heavy atom. The van der Waals surface area contributed by atoms with Crippen molar-refractivity contribution in [3.63, 3.8) is 0 Å². The molecule has 0 aromatic carbocycles. The van der Waals surface area contributed by atoms with Crippen molar-refractivity contribution in [3.8, 4) is 0 Å². The van der Waals surface area contributed by atoms with E-state index in [1.54, 1.807) is 17.9 Å². The molecular formula is C23H36N2O6. The molecule has 2 N–H and O–H groups in total. The Kier molecular flexibility index (Phi) is 6.81. The van der Waals surface area contributed by atoms with E-state index in [0.717, 1.165) is 12.8 Å². The second-order valence-corrected chi connectivity index (χ2v) is 9.43. The van der Waals surface area contributed by atoms with E-state index in [0.29, 0.717) is 38.9 Å². The van der Waals surface area contributed by atoms with E-state index in [1.165, 1.54) is 4.90 Å². The van der Waals surface area contributed by atoms with Crippen LogP contribution in [0.4, 0.5) is 0 Å². The van der Waals surface area contributed by atoms with Gasteiger partial charge in [-0.05, 0) is 38.5 Å². The van der Waals surface area contributed by atoms with Crippen molar-refractivity contribution in [2.75, 3.05) is 26.2 Å². The van der Waals surface area contributed by atoms with Crippen LogP contribution >= 0.6 is 0 Å². The molecule has 3 fully saturated rings. The Hall–Kier alpha value is -1.93. The molecule has 0 aromatic heterocycles. The minimum Gasteiger partial charge on any atom is -0.481 e. The van der Waals surface area contributed by atoms with Gasteiger partial charge in [0.25, 0.3) is 0 Å². The molecule has 3 unspecified atom stereocenters. The van der Waals surface area contributed by atoms with Crippen LogP contribution in [-0.2, 0) is 19.1 Å². The number of hydrogen-bond acceptors (Lipinski definition) is 5. The number of carbonyl (C=O) groups excluding carboxylic acids is 2. The van der Waals surface area contributed by atoms with Crippen LogP contribution in [0.2, 0.25) is 0 Å². The number of amides is 2. The number of aliphatic carboxylic acids is 1. The van der Waals surface area contributed by atoms with Crippen LogP contribution in [0.5, 0.6) is 0 Å². The number of hydrogen-bond donors (Lipinski definition) is 2. The Labute approximate surface area is 184 Å². The average Bonchev–Trinajstić information content (AvgIpc) is 3.22. The largest absolute Gasteiger partial charge is 0.481 e. The third kappa shape index (κ3) is 3.57. The first-order chi connectivity index (χ1) is 14.7. The number of nitrogens with zero attached hydrogens (tertiary/aromatic N) is 2. The molecule has 2 amide bonds. The van der Waals surface area contributed by atoms with Gasteiger partial charge in [-0.3, -0.25) is 14.4 Å². The number of carboxylic acids is 1. The van der Waals surface area contributed by atoms with Crippen molar-refractivity contribution in [3.05, 3.63) is 12.7 Å². The van der Waals surface area contributed by atoms with E-state index >= 15 is 0 Å². The van der Waals surface area contributed by atoms with E-state index in [-0.39, 0.29) is 24.3 Å². The fourth-order valence-electron chi connectivity index (χ4n) is 6.00. The van der Waals surface area contributed by atoms with Gasteiger partial charge in [0.1, 0.15) is 17.6 Å². The van der Waals surface area contributed by atoms with Gasteiger partial charge in [0, 0.05) is 26.2 Å². The van der Waals surface area contributed by atoms with Crippen LogP contribution in [0.1, 0.15) is 52.9 Å². The monoisotopic (exact) mass is 436 g/mol. The fourth-order valence-corrected chi connectivity index (χ4v) is 6.00. The molecular weight excluding hydrogens is 400 g/mol. The van der Waals surface area contributed by atoms with Gasteiger partial charge in [0.15, 0.2) is 0 Å². The predicted molar refractivity (Wildman–Crippen MR) is 114 cm³/mol. The van der Waals surface area contributed by atoms with Crippen LogP contribution in [0.25, 0.3) is 0 Å². The maximum absolute atomic E-state index is 13.9. The molecule has 174 valence electrons. The maximum Gasteiger partial charge on any atom is 0.310 e. The first-order valence-corrected chi connectivity index (χ1v) is 11.4. The second-order valence-electron chi connectivity index (χ2n) is 9.43. The van der Waals surface area contributed by atoms with Gasteiger partial charge in [-0.15, -0.1) is 6.58 Å². The van der Waals surface area contributed by atoms with Gasteiger partial charge in [0.2, 0.25) is 11.8 Å². The summed E-state index contributed by atoms with van der Waals surface area (Å²) in [5, 5.41) is 19.2. The molecule has 6 atom stereocenters. The highest BCUT2D eigenvalue weighted by Gasteiger charge is 2.80. The Balaban J connectivity index is 2.04. The number of rotatable bonds is 11. The van der Waals surface area contributed by atoms with Crippen LogP contribution < -0.4 is 0 Å². The molecule has 0 radical (unpaired) electrons. The van der Waals surface area contributed by atoms with Crippen molar-refractivity contribution in [1.29, 1.82) is 0 Å². The quantitative estimate of drug-likeness (QED) is 0.377. The summed E-state index contributed by atoms with van der Waals surface area (Å²) in [4.78, 5) is 42.9. The maximum atomic E-state index is 13.9. The summed E-state index contributed by atoms with van der Waals surface area (Å²) in [5.41, 5.74) is -2.11. The summed E-state index contributed by atoms with van der Waals surface area (Å²) in [7, 11) is 0. The molecule has 8 nitrogen and oxygen atoms in total. The Morgan fingerprint density at radius 3 is 2.65 bits per heavy atom. The van der Waals surface area contributed by atoms with Crippen molar-refractivity contribution in [2.24, 2.45) is 17.8 Å². The van der Waals surface area contributed by atoms with Crippen LogP contribution in [0, 0.1) is 17.8 Å². The first-order valence-electron chi connectivity index (χ1n) is 11.4. The van der Waals surface area contributed by atoms with Gasteiger partial charge >= 0.3 is 5.97 Å². The van der Waals surface area contributed by atoms with Crippen molar-refractivity contribution < 1.29 is 29.3 Å². The Morgan fingerprint density at radius 2 is 2.06 bits per heavy atom. The van der Waals surface area contributed by atoms with Crippen molar-refractivity contribution in [1.82, 2.24) is 9.80 Å².